The van der Waals surface area contributed by atoms with Gasteiger partial charge in [0.05, 0.1) is 62.2 Å². The Balaban J connectivity index is 1.09. The number of morpholine rings is 1. The van der Waals surface area contributed by atoms with Gasteiger partial charge in [-0.3, -0.25) is 38.5 Å². The molecule has 0 radical (unpaired) electrons. The molecule has 8 atom stereocenters. The summed E-state index contributed by atoms with van der Waals surface area (Å²) in [5, 5.41) is 48.0. The summed E-state index contributed by atoms with van der Waals surface area (Å²) in [5.41, 5.74) is -3.86. The number of phenols is 2. The van der Waals surface area contributed by atoms with Crippen LogP contribution in [0.1, 0.15) is 75.8 Å². The second-order valence-electron chi connectivity index (χ2n) is 15.8. The number of amides is 5. The molecule has 0 spiro atoms. The molecule has 5 amide bonds. The molecule has 340 valence electrons. The van der Waals surface area contributed by atoms with E-state index in [0.29, 0.717) is 13.2 Å². The van der Waals surface area contributed by atoms with Crippen molar-refractivity contribution in [1.29, 1.82) is 0 Å². The lowest BCUT2D eigenvalue weighted by atomic mass is 9.72. The summed E-state index contributed by atoms with van der Waals surface area (Å²) in [5.74, 6) is -6.21. The van der Waals surface area contributed by atoms with Crippen molar-refractivity contribution in [2.45, 2.75) is 81.9 Å². The van der Waals surface area contributed by atoms with Crippen LogP contribution >= 0.6 is 0 Å². The number of phenolic OH excluding ortho intramolecular Hbond substituents is 2. The standard InChI is InChI=1S/C41H50N6O16/c1-18-37-22(47-10-11-60-39(59-4)38(47)63-37)12-28(61-18)62-24-14-41(57,40(56)43-9-8-42-25(49)16-45-27(51)17-46-26(50)15-44-19(2)48)13-21-30(24)36(55)32-31(34(21)53)33(52)20-6-5-7-23(58-3)29(20)35(32)54/h5-7,18,22,24,28,37-39,53,55,57H,8-17H2,1-4H3,(H,42,49)(H,43,56)(H,44,48)(H,45,51)(H,46,50)/t18-,22-,24-,28-,37+,38+,39-,41-/m0/s1. The number of nitrogens with zero attached hydrogens (tertiary/aromatic N) is 1. The van der Waals surface area contributed by atoms with Crippen molar-refractivity contribution in [2.75, 3.05) is 60.1 Å². The van der Waals surface area contributed by atoms with Gasteiger partial charge in [-0.15, -0.1) is 0 Å². The maximum Gasteiger partial charge on any atom is 0.252 e. The molecule has 3 saturated heterocycles. The molecule has 0 saturated carbocycles. The van der Waals surface area contributed by atoms with Crippen molar-refractivity contribution in [1.82, 2.24) is 31.5 Å². The Hall–Kier alpha value is -5.75. The molecule has 5 aliphatic rings. The van der Waals surface area contributed by atoms with E-state index in [1.807, 2.05) is 0 Å². The quantitative estimate of drug-likeness (QED) is 0.0627. The summed E-state index contributed by atoms with van der Waals surface area (Å²) in [4.78, 5) is 91.2. The van der Waals surface area contributed by atoms with Gasteiger partial charge >= 0.3 is 0 Å². The van der Waals surface area contributed by atoms with Crippen LogP contribution in [0.5, 0.6) is 17.2 Å². The van der Waals surface area contributed by atoms with E-state index in [2.05, 4.69) is 31.5 Å². The monoisotopic (exact) mass is 882 g/mol. The fourth-order valence-electron chi connectivity index (χ4n) is 8.80. The number of nitrogens with one attached hydrogen (secondary N) is 5. The lowest BCUT2D eigenvalue weighted by Crippen LogP contribution is -2.55. The zero-order valence-corrected chi connectivity index (χ0v) is 34.9. The van der Waals surface area contributed by atoms with Crippen LogP contribution in [0.3, 0.4) is 0 Å². The molecule has 8 N–H and O–H groups in total. The molecule has 63 heavy (non-hydrogen) atoms. The third-order valence-corrected chi connectivity index (χ3v) is 11.7. The number of methoxy groups -OCH3 is 2. The van der Waals surface area contributed by atoms with E-state index in [9.17, 15) is 48.9 Å². The van der Waals surface area contributed by atoms with Gasteiger partial charge in [-0.25, -0.2) is 0 Å². The molecule has 2 aromatic carbocycles. The van der Waals surface area contributed by atoms with Crippen LogP contribution in [0.2, 0.25) is 0 Å². The van der Waals surface area contributed by atoms with Gasteiger partial charge in [0.1, 0.15) is 29.0 Å². The molecule has 22 heteroatoms. The second kappa shape index (κ2) is 18.5. The highest BCUT2D eigenvalue weighted by molar-refractivity contribution is 6.31. The van der Waals surface area contributed by atoms with Gasteiger partial charge in [-0.1, -0.05) is 12.1 Å². The molecular formula is C41H50N6O16. The number of ether oxygens (including phenoxy) is 6. The van der Waals surface area contributed by atoms with Crippen molar-refractivity contribution >= 4 is 41.1 Å². The van der Waals surface area contributed by atoms with Gasteiger partial charge in [-0.2, -0.15) is 0 Å². The second-order valence-corrected chi connectivity index (χ2v) is 15.8. The van der Waals surface area contributed by atoms with Gasteiger partial charge < -0.3 is 70.3 Å². The van der Waals surface area contributed by atoms with Crippen LogP contribution in [-0.4, -0.2) is 164 Å². The SMILES string of the molecule is COc1cccc2c1C(=O)c1c(O)c3c(c(O)c1C2=O)C[C@@](O)(C(=O)NCCNC(=O)CNC(=O)CNC(=O)CNC(C)=O)C[C@@H]3O[C@H]1C[C@H]2[C@H](O[C@@H]3[C@@H](OC)OCCN32)[C@H](C)O1. The predicted octanol–water partition coefficient (Wildman–Crippen LogP) is -2.25. The smallest absolute Gasteiger partial charge is 0.252 e. The molecule has 3 aliphatic heterocycles. The van der Waals surface area contributed by atoms with Gasteiger partial charge in [0.25, 0.3) is 5.91 Å². The molecule has 0 aromatic heterocycles. The predicted molar refractivity (Wildman–Crippen MR) is 212 cm³/mol. The average Bonchev–Trinajstić information content (AvgIpc) is 3.64. The topological polar surface area (TPSA) is 299 Å². The minimum atomic E-state index is -2.35. The molecule has 3 fully saturated rings. The first-order valence-electron chi connectivity index (χ1n) is 20.4. The van der Waals surface area contributed by atoms with Gasteiger partial charge in [0.2, 0.25) is 29.4 Å². The Morgan fingerprint density at radius 3 is 2.22 bits per heavy atom. The van der Waals surface area contributed by atoms with Crippen LogP contribution < -0.4 is 31.3 Å². The summed E-state index contributed by atoms with van der Waals surface area (Å²) in [6.07, 6.45) is -5.43. The lowest BCUT2D eigenvalue weighted by Gasteiger charge is -2.43. The third-order valence-electron chi connectivity index (χ3n) is 11.7. The zero-order chi connectivity index (χ0) is 45.3. The molecule has 7 rings (SSSR count). The highest BCUT2D eigenvalue weighted by Gasteiger charge is 2.55. The van der Waals surface area contributed by atoms with Crippen LogP contribution in [0.25, 0.3) is 0 Å². The largest absolute Gasteiger partial charge is 0.507 e. The molecule has 0 unspecified atom stereocenters. The number of hydrogen-bond acceptors (Lipinski definition) is 17. The average molecular weight is 883 g/mol. The summed E-state index contributed by atoms with van der Waals surface area (Å²) in [6.45, 7) is 2.35. The van der Waals surface area contributed by atoms with Crippen LogP contribution in [-0.2, 0) is 54.1 Å². The Kier molecular flexibility index (Phi) is 13.3. The van der Waals surface area contributed by atoms with E-state index in [4.69, 9.17) is 28.4 Å². The highest BCUT2D eigenvalue weighted by atomic mass is 16.7. The Morgan fingerprint density at radius 2 is 1.54 bits per heavy atom. The van der Waals surface area contributed by atoms with E-state index in [-0.39, 0.29) is 60.1 Å². The Morgan fingerprint density at radius 1 is 0.873 bits per heavy atom. The Labute approximate surface area is 360 Å². The van der Waals surface area contributed by atoms with Crippen molar-refractivity contribution in [2.24, 2.45) is 0 Å². The van der Waals surface area contributed by atoms with Gasteiger partial charge in [-0.05, 0) is 13.0 Å². The first-order chi connectivity index (χ1) is 30.1. The summed E-state index contributed by atoms with van der Waals surface area (Å²) >= 11 is 0. The fourth-order valence-corrected chi connectivity index (χ4v) is 8.80. The van der Waals surface area contributed by atoms with Crippen LogP contribution in [0.4, 0.5) is 0 Å². The van der Waals surface area contributed by atoms with E-state index in [1.54, 1.807) is 6.92 Å². The number of carbonyl (C=O) groups is 7. The fraction of sp³-hybridized carbons (Fsp3) is 0.537. The summed E-state index contributed by atoms with van der Waals surface area (Å²) in [7, 11) is 2.84. The van der Waals surface area contributed by atoms with E-state index in [1.165, 1.54) is 39.3 Å². The molecule has 3 heterocycles. The van der Waals surface area contributed by atoms with Crippen LogP contribution in [0.15, 0.2) is 18.2 Å². The minimum Gasteiger partial charge on any atom is -0.507 e. The first kappa shape index (κ1) is 45.3. The zero-order valence-electron chi connectivity index (χ0n) is 34.9. The van der Waals surface area contributed by atoms with Gasteiger partial charge in [0, 0.05) is 75.7 Å². The first-order valence-corrected chi connectivity index (χ1v) is 20.4. The number of carbonyl (C=O) groups excluding carboxylic acids is 7. The van der Waals surface area contributed by atoms with Crippen LogP contribution in [0, 0.1) is 0 Å². The number of ketones is 2. The van der Waals surface area contributed by atoms with E-state index >= 15 is 0 Å². The maximum atomic E-state index is 14.1. The number of benzene rings is 2. The Bertz CT molecular complexity index is 2200. The highest BCUT2D eigenvalue weighted by Crippen LogP contribution is 2.53. The number of rotatable bonds is 14. The van der Waals surface area contributed by atoms with Crippen molar-refractivity contribution in [3.63, 3.8) is 0 Å². The number of aromatic hydroxyl groups is 2. The summed E-state index contributed by atoms with van der Waals surface area (Å²) < 4.78 is 35.7. The molecule has 0 bridgehead atoms. The molecule has 22 nitrogen and oxygen atoms in total. The minimum absolute atomic E-state index is 0.0737. The maximum absolute atomic E-state index is 14.1. The number of hydrogen-bond donors (Lipinski definition) is 8. The van der Waals surface area contributed by atoms with Gasteiger partial charge in [0.15, 0.2) is 24.6 Å². The molecule has 2 aromatic rings. The summed E-state index contributed by atoms with van der Waals surface area (Å²) in [6, 6.07) is 4.12. The lowest BCUT2D eigenvalue weighted by molar-refractivity contribution is -0.256. The van der Waals surface area contributed by atoms with Crippen molar-refractivity contribution in [3.8, 4) is 17.2 Å². The third kappa shape index (κ3) is 8.92. The van der Waals surface area contributed by atoms with E-state index < -0.39 is 132 Å². The van der Waals surface area contributed by atoms with Crippen molar-refractivity contribution < 1.29 is 77.3 Å². The number of aliphatic hydroxyl groups is 1. The van der Waals surface area contributed by atoms with E-state index in [0.717, 1.165) is 0 Å². The number of fused-ring (bicyclic) bond motifs is 6. The van der Waals surface area contributed by atoms with Crippen molar-refractivity contribution in [3.05, 3.63) is 51.6 Å². The normalized spacial score (nSPS) is 27.1. The molecular weight excluding hydrogens is 832 g/mol. The molecule has 2 aliphatic carbocycles.